The number of aldehydes is 1. The maximum Gasteiger partial charge on any atom is 0.186 e. The summed E-state index contributed by atoms with van der Waals surface area (Å²) in [5.74, 6) is -0.418. The number of hydrogen-bond acceptors (Lipinski definition) is 5. The molecule has 0 bridgehead atoms. The minimum absolute atomic E-state index is 0.418. The van der Waals surface area contributed by atoms with Gasteiger partial charge < -0.3 is 24.5 Å². The van der Waals surface area contributed by atoms with Crippen LogP contribution in [0, 0.1) is 5.92 Å². The van der Waals surface area contributed by atoms with Gasteiger partial charge >= 0.3 is 0 Å². The molecule has 0 saturated carbocycles. The molecule has 0 aromatic carbocycles. The Morgan fingerprint density at radius 3 is 2.46 bits per heavy atom. The lowest BCUT2D eigenvalue weighted by Gasteiger charge is -2.38. The summed E-state index contributed by atoms with van der Waals surface area (Å²) in [7, 11) is 1.35. The zero-order valence-electron chi connectivity index (χ0n) is 7.58. The molecule has 1 rings (SSSR count). The average Bonchev–Trinajstić information content (AvgIpc) is 2.15. The van der Waals surface area contributed by atoms with Gasteiger partial charge in [0.15, 0.2) is 6.29 Å². The van der Waals surface area contributed by atoms with E-state index in [1.807, 2.05) is 0 Å². The van der Waals surface area contributed by atoms with Gasteiger partial charge in [0.25, 0.3) is 0 Å². The quantitative estimate of drug-likeness (QED) is 0.541. The van der Waals surface area contributed by atoms with Crippen LogP contribution < -0.4 is 0 Å². The molecule has 5 atom stereocenters. The second-order valence-corrected chi connectivity index (χ2v) is 3.18. The van der Waals surface area contributed by atoms with Crippen molar-refractivity contribution < 1.29 is 24.5 Å². The Morgan fingerprint density at radius 2 is 2.00 bits per heavy atom. The molecule has 0 aromatic rings. The van der Waals surface area contributed by atoms with Crippen molar-refractivity contribution >= 4 is 6.29 Å². The second kappa shape index (κ2) is 4.15. The van der Waals surface area contributed by atoms with E-state index < -0.39 is 30.5 Å². The predicted octanol–water partition coefficient (Wildman–Crippen LogP) is -1.09. The third-order valence-electron chi connectivity index (χ3n) is 2.34. The summed E-state index contributed by atoms with van der Waals surface area (Å²) in [5, 5.41) is 18.9. The molecule has 1 aliphatic heterocycles. The van der Waals surface area contributed by atoms with Crippen LogP contribution in [0.4, 0.5) is 0 Å². The summed E-state index contributed by atoms with van der Waals surface area (Å²) in [6.45, 7) is 1.64. The number of aliphatic hydroxyl groups excluding tert-OH is 2. The molecule has 0 aliphatic carbocycles. The molecular weight excluding hydrogens is 176 g/mol. The van der Waals surface area contributed by atoms with Crippen molar-refractivity contribution in [1.82, 2.24) is 0 Å². The lowest BCUT2D eigenvalue weighted by molar-refractivity contribution is -0.267. The summed E-state index contributed by atoms with van der Waals surface area (Å²) < 4.78 is 9.84. The summed E-state index contributed by atoms with van der Waals surface area (Å²) >= 11 is 0. The monoisotopic (exact) mass is 190 g/mol. The van der Waals surface area contributed by atoms with Crippen LogP contribution in [0.5, 0.6) is 0 Å². The smallest absolute Gasteiger partial charge is 0.186 e. The van der Waals surface area contributed by atoms with E-state index in [1.165, 1.54) is 7.11 Å². The van der Waals surface area contributed by atoms with Crippen molar-refractivity contribution in [1.29, 1.82) is 0 Å². The van der Waals surface area contributed by atoms with Gasteiger partial charge in [0.05, 0.1) is 6.10 Å². The fourth-order valence-corrected chi connectivity index (χ4v) is 1.38. The van der Waals surface area contributed by atoms with E-state index in [0.29, 0.717) is 6.29 Å². The van der Waals surface area contributed by atoms with E-state index in [2.05, 4.69) is 0 Å². The van der Waals surface area contributed by atoms with E-state index in [1.54, 1.807) is 6.92 Å². The molecule has 13 heavy (non-hydrogen) atoms. The summed E-state index contributed by atoms with van der Waals surface area (Å²) in [6, 6.07) is 0. The van der Waals surface area contributed by atoms with Gasteiger partial charge in [-0.05, 0) is 0 Å². The van der Waals surface area contributed by atoms with Crippen molar-refractivity contribution in [3.63, 3.8) is 0 Å². The lowest BCUT2D eigenvalue weighted by Crippen LogP contribution is -2.54. The van der Waals surface area contributed by atoms with Crippen LogP contribution in [-0.4, -0.2) is 48.2 Å². The number of methoxy groups -OCH3 is 1. The Bertz CT molecular complexity index is 181. The van der Waals surface area contributed by atoms with Crippen LogP contribution in [0.2, 0.25) is 0 Å². The highest BCUT2D eigenvalue weighted by Crippen LogP contribution is 2.24. The number of rotatable bonds is 2. The van der Waals surface area contributed by atoms with Gasteiger partial charge in [-0.1, -0.05) is 6.92 Å². The number of carbonyl (C=O) groups excluding carboxylic acids is 1. The first-order chi connectivity index (χ1) is 6.11. The number of aliphatic hydroxyl groups is 2. The lowest BCUT2D eigenvalue weighted by atomic mass is 9.91. The molecule has 1 saturated heterocycles. The zero-order valence-corrected chi connectivity index (χ0v) is 7.58. The van der Waals surface area contributed by atoms with E-state index in [4.69, 9.17) is 9.47 Å². The molecule has 0 unspecified atom stereocenters. The van der Waals surface area contributed by atoms with Crippen molar-refractivity contribution in [3.05, 3.63) is 0 Å². The van der Waals surface area contributed by atoms with Crippen LogP contribution in [0.25, 0.3) is 0 Å². The third kappa shape index (κ3) is 1.88. The Hall–Kier alpha value is -0.490. The number of ether oxygens (including phenoxy) is 2. The first kappa shape index (κ1) is 10.6. The number of carbonyl (C=O) groups is 1. The molecule has 1 fully saturated rings. The van der Waals surface area contributed by atoms with Gasteiger partial charge in [-0.25, -0.2) is 0 Å². The first-order valence-electron chi connectivity index (χ1n) is 4.11. The van der Waals surface area contributed by atoms with Crippen LogP contribution >= 0.6 is 0 Å². The van der Waals surface area contributed by atoms with Crippen LogP contribution in [0.3, 0.4) is 0 Å². The SMILES string of the molecule is CO[C@@H]1O[C@H](C=O)[C@@H](C)[C@H](O)[C@H]1O. The molecule has 1 aliphatic rings. The fourth-order valence-electron chi connectivity index (χ4n) is 1.38. The topological polar surface area (TPSA) is 76.0 Å². The van der Waals surface area contributed by atoms with Gasteiger partial charge in [0.1, 0.15) is 18.5 Å². The molecule has 0 radical (unpaired) electrons. The minimum atomic E-state index is -1.10. The van der Waals surface area contributed by atoms with Crippen molar-refractivity contribution in [2.75, 3.05) is 7.11 Å². The largest absolute Gasteiger partial charge is 0.390 e. The highest BCUT2D eigenvalue weighted by atomic mass is 16.7. The molecule has 76 valence electrons. The van der Waals surface area contributed by atoms with Crippen molar-refractivity contribution in [3.8, 4) is 0 Å². The van der Waals surface area contributed by atoms with E-state index in [0.717, 1.165) is 0 Å². The van der Waals surface area contributed by atoms with Gasteiger partial charge in [-0.2, -0.15) is 0 Å². The van der Waals surface area contributed by atoms with Crippen LogP contribution in [-0.2, 0) is 14.3 Å². The Balaban J connectivity index is 2.71. The Kier molecular flexibility index (Phi) is 3.38. The molecule has 2 N–H and O–H groups in total. The highest BCUT2D eigenvalue weighted by molar-refractivity contribution is 5.57. The van der Waals surface area contributed by atoms with Crippen LogP contribution in [0.1, 0.15) is 6.92 Å². The molecule has 5 nitrogen and oxygen atoms in total. The number of hydrogen-bond donors (Lipinski definition) is 2. The molecule has 5 heteroatoms. The summed E-state index contributed by atoms with van der Waals surface area (Å²) in [5.41, 5.74) is 0. The van der Waals surface area contributed by atoms with E-state index >= 15 is 0 Å². The van der Waals surface area contributed by atoms with E-state index in [-0.39, 0.29) is 0 Å². The summed E-state index contributed by atoms with van der Waals surface area (Å²) in [6.07, 6.45) is -3.14. The molecule has 1 heterocycles. The Morgan fingerprint density at radius 1 is 1.38 bits per heavy atom. The minimum Gasteiger partial charge on any atom is -0.390 e. The third-order valence-corrected chi connectivity index (χ3v) is 2.34. The maximum absolute atomic E-state index is 10.5. The first-order valence-corrected chi connectivity index (χ1v) is 4.11. The van der Waals surface area contributed by atoms with Crippen LogP contribution in [0.15, 0.2) is 0 Å². The fraction of sp³-hybridized carbons (Fsp3) is 0.875. The normalized spacial score (nSPS) is 46.0. The van der Waals surface area contributed by atoms with E-state index in [9.17, 15) is 15.0 Å². The molecular formula is C8H14O5. The zero-order chi connectivity index (χ0) is 10.0. The van der Waals surface area contributed by atoms with Gasteiger partial charge in [-0.15, -0.1) is 0 Å². The Labute approximate surface area is 76.3 Å². The second-order valence-electron chi connectivity index (χ2n) is 3.18. The standard InChI is InChI=1S/C8H14O5/c1-4-5(3-9)13-8(12-2)7(11)6(4)10/h3-8,10-11H,1-2H3/t4-,5-,6+,7-,8-/m1/s1. The van der Waals surface area contributed by atoms with Gasteiger partial charge in [-0.3, -0.25) is 0 Å². The molecule has 0 amide bonds. The van der Waals surface area contributed by atoms with Crippen molar-refractivity contribution in [2.45, 2.75) is 31.5 Å². The highest BCUT2D eigenvalue weighted by Gasteiger charge is 2.42. The molecule has 0 aromatic heterocycles. The van der Waals surface area contributed by atoms with Crippen molar-refractivity contribution in [2.24, 2.45) is 5.92 Å². The summed E-state index contributed by atoms with van der Waals surface area (Å²) in [4.78, 5) is 10.5. The van der Waals surface area contributed by atoms with Gasteiger partial charge in [0, 0.05) is 13.0 Å². The molecule has 0 spiro atoms. The predicted molar refractivity (Wildman–Crippen MR) is 42.9 cm³/mol. The average molecular weight is 190 g/mol. The van der Waals surface area contributed by atoms with Gasteiger partial charge in [0.2, 0.25) is 0 Å². The maximum atomic E-state index is 10.5.